The van der Waals surface area contributed by atoms with E-state index in [2.05, 4.69) is 10.6 Å². The molecule has 53 heavy (non-hydrogen) atoms. The lowest BCUT2D eigenvalue weighted by atomic mass is 9.82. The van der Waals surface area contributed by atoms with Crippen molar-refractivity contribution in [1.82, 2.24) is 10.2 Å². The molecule has 4 heterocycles. The normalized spacial score (nSPS) is 26.7. The number of benzene rings is 3. The summed E-state index contributed by atoms with van der Waals surface area (Å²) in [4.78, 5) is 68.3. The number of hydrogen-bond acceptors (Lipinski definition) is 9. The number of piperidine rings is 1. The monoisotopic (exact) mass is 741 g/mol. The van der Waals surface area contributed by atoms with Crippen molar-refractivity contribution in [3.63, 3.8) is 0 Å². The number of amides is 3. The SMILES string of the molecule is C[C@H]1[C@H]([Si](C)(C)O)[C@@H](CC(=O)N2Cc3ccccc3C[C@H]2CO)O[C@]12C(=O)N(Cc1ccc(NC(=O)C3CCCNC3)cc1)c1ccc([N+](=O)[O-])cc12. The van der Waals surface area contributed by atoms with E-state index in [0.29, 0.717) is 36.4 Å². The van der Waals surface area contributed by atoms with Gasteiger partial charge in [-0.1, -0.05) is 43.3 Å². The van der Waals surface area contributed by atoms with Crippen LogP contribution < -0.4 is 15.5 Å². The number of nitro groups is 1. The highest BCUT2D eigenvalue weighted by Crippen LogP contribution is 2.60. The number of nitrogens with zero attached hydrogens (tertiary/aromatic N) is 3. The molecule has 2 saturated heterocycles. The molecular formula is C39H47N5O8Si. The van der Waals surface area contributed by atoms with Crippen molar-refractivity contribution in [3.05, 3.63) is 99.1 Å². The number of nitrogens with one attached hydrogen (secondary N) is 2. The van der Waals surface area contributed by atoms with Gasteiger partial charge < -0.3 is 35.1 Å². The molecular weight excluding hydrogens is 695 g/mol. The van der Waals surface area contributed by atoms with Gasteiger partial charge in [-0.2, -0.15) is 0 Å². The van der Waals surface area contributed by atoms with E-state index in [0.717, 1.165) is 36.1 Å². The van der Waals surface area contributed by atoms with Crippen molar-refractivity contribution < 1.29 is 33.9 Å². The average molecular weight is 742 g/mol. The van der Waals surface area contributed by atoms with E-state index >= 15 is 0 Å². The van der Waals surface area contributed by atoms with Crippen LogP contribution in [-0.2, 0) is 44.2 Å². The van der Waals surface area contributed by atoms with Gasteiger partial charge in [-0.05, 0) is 73.8 Å². The van der Waals surface area contributed by atoms with E-state index in [4.69, 9.17) is 4.74 Å². The third kappa shape index (κ3) is 6.78. The van der Waals surface area contributed by atoms with E-state index in [1.807, 2.05) is 43.3 Å². The molecule has 4 N–H and O–H groups in total. The summed E-state index contributed by atoms with van der Waals surface area (Å²) in [6.45, 7) is 7.14. The van der Waals surface area contributed by atoms with Crippen LogP contribution in [0.15, 0.2) is 66.7 Å². The Hall–Kier alpha value is -4.47. The number of aliphatic hydroxyl groups excluding tert-OH is 1. The van der Waals surface area contributed by atoms with Crippen molar-refractivity contribution in [1.29, 1.82) is 0 Å². The molecule has 1 spiro atoms. The van der Waals surface area contributed by atoms with E-state index in [9.17, 15) is 34.4 Å². The van der Waals surface area contributed by atoms with Crippen molar-refractivity contribution >= 4 is 43.1 Å². The summed E-state index contributed by atoms with van der Waals surface area (Å²) in [5.74, 6) is -1.45. The molecule has 13 nitrogen and oxygen atoms in total. The Morgan fingerprint density at radius 1 is 1.11 bits per heavy atom. The van der Waals surface area contributed by atoms with Gasteiger partial charge in [0.15, 0.2) is 13.9 Å². The first-order chi connectivity index (χ1) is 25.3. The number of aliphatic hydroxyl groups is 1. The lowest BCUT2D eigenvalue weighted by Gasteiger charge is -2.37. The molecule has 280 valence electrons. The van der Waals surface area contributed by atoms with Gasteiger partial charge in [0.05, 0.1) is 48.2 Å². The molecule has 4 aliphatic heterocycles. The highest BCUT2D eigenvalue weighted by atomic mass is 28.4. The van der Waals surface area contributed by atoms with Gasteiger partial charge in [0.25, 0.3) is 11.6 Å². The third-order valence-corrected chi connectivity index (χ3v) is 14.2. The van der Waals surface area contributed by atoms with E-state index in [1.165, 1.54) is 12.1 Å². The minimum atomic E-state index is -3.15. The first-order valence-electron chi connectivity index (χ1n) is 18.4. The second-order valence-corrected chi connectivity index (χ2v) is 19.4. The van der Waals surface area contributed by atoms with Crippen LogP contribution in [0.25, 0.3) is 0 Å². The van der Waals surface area contributed by atoms with Gasteiger partial charge >= 0.3 is 0 Å². The fourth-order valence-electron chi connectivity index (χ4n) is 9.06. The maximum atomic E-state index is 14.9. The lowest BCUT2D eigenvalue weighted by molar-refractivity contribution is -0.385. The predicted molar refractivity (Wildman–Crippen MR) is 200 cm³/mol. The minimum Gasteiger partial charge on any atom is -0.432 e. The quantitative estimate of drug-likeness (QED) is 0.142. The lowest BCUT2D eigenvalue weighted by Crippen LogP contribution is -2.48. The van der Waals surface area contributed by atoms with Gasteiger partial charge in [-0.15, -0.1) is 0 Å². The Morgan fingerprint density at radius 2 is 1.85 bits per heavy atom. The molecule has 14 heteroatoms. The zero-order valence-electron chi connectivity index (χ0n) is 30.3. The van der Waals surface area contributed by atoms with Crippen LogP contribution in [0.1, 0.15) is 48.4 Å². The van der Waals surface area contributed by atoms with Crippen LogP contribution >= 0.6 is 0 Å². The molecule has 0 bridgehead atoms. The van der Waals surface area contributed by atoms with Gasteiger partial charge in [-0.3, -0.25) is 24.5 Å². The van der Waals surface area contributed by atoms with Crippen molar-refractivity contribution in [2.75, 3.05) is 29.9 Å². The standard InChI is InChI=1S/C39H47N5O8Si/c1-24-36(53(2,3)51)34(19-35(46)42-22-28-8-5-4-7-26(28)17-31(42)23-45)52-39(24)32-18-30(44(49)50)14-15-33(32)43(38(39)48)21-25-10-12-29(13-11-25)41-37(47)27-9-6-16-40-20-27/h4-5,7-8,10-15,18,24,27,31,34,36,40,45,51H,6,9,16-17,19-23H2,1-3H3,(H,41,47)/t24-,27?,31-,34+,36-,39+/m0/s1. The molecule has 0 saturated carbocycles. The summed E-state index contributed by atoms with van der Waals surface area (Å²) in [7, 11) is -3.15. The maximum absolute atomic E-state index is 14.9. The van der Waals surface area contributed by atoms with Crippen LogP contribution in [-0.4, -0.2) is 77.6 Å². The van der Waals surface area contributed by atoms with Gasteiger partial charge in [0, 0.05) is 47.9 Å². The number of ether oxygens (including phenoxy) is 1. The molecule has 7 rings (SSSR count). The number of non-ortho nitro benzene ring substituents is 1. The zero-order valence-corrected chi connectivity index (χ0v) is 31.3. The van der Waals surface area contributed by atoms with E-state index < -0.39 is 48.4 Å². The van der Waals surface area contributed by atoms with Gasteiger partial charge in [0.2, 0.25) is 11.8 Å². The Bertz CT molecular complexity index is 1910. The molecule has 2 fully saturated rings. The van der Waals surface area contributed by atoms with Gasteiger partial charge in [0.1, 0.15) is 0 Å². The fourth-order valence-corrected chi connectivity index (χ4v) is 11.6. The summed E-state index contributed by atoms with van der Waals surface area (Å²) >= 11 is 0. The number of nitro benzene ring substituents is 1. The number of anilines is 2. The minimum absolute atomic E-state index is 0.0422. The average Bonchev–Trinajstić information content (AvgIpc) is 3.57. The Morgan fingerprint density at radius 3 is 2.51 bits per heavy atom. The highest BCUT2D eigenvalue weighted by molar-refractivity contribution is 6.71. The molecule has 3 aromatic rings. The number of rotatable bonds is 9. The number of carbonyl (C=O) groups is 3. The van der Waals surface area contributed by atoms with E-state index in [1.54, 1.807) is 41.1 Å². The maximum Gasteiger partial charge on any atom is 0.269 e. The van der Waals surface area contributed by atoms with E-state index in [-0.39, 0.29) is 43.0 Å². The van der Waals surface area contributed by atoms with Crippen molar-refractivity contribution in [3.8, 4) is 0 Å². The van der Waals surface area contributed by atoms with Crippen LogP contribution in [0.4, 0.5) is 17.1 Å². The Kier molecular flexibility index (Phi) is 10.0. The first kappa shape index (κ1) is 36.9. The van der Waals surface area contributed by atoms with Crippen LogP contribution in [0.5, 0.6) is 0 Å². The summed E-state index contributed by atoms with van der Waals surface area (Å²) in [5.41, 5.74) is 1.83. The van der Waals surface area contributed by atoms with Gasteiger partial charge in [-0.25, -0.2) is 0 Å². The van der Waals surface area contributed by atoms with Crippen molar-refractivity contribution in [2.24, 2.45) is 11.8 Å². The van der Waals surface area contributed by atoms with Crippen molar-refractivity contribution in [2.45, 2.75) is 82.1 Å². The fraction of sp³-hybridized carbons (Fsp3) is 0.462. The summed E-state index contributed by atoms with van der Waals surface area (Å²) in [6, 6.07) is 19.0. The summed E-state index contributed by atoms with van der Waals surface area (Å²) < 4.78 is 6.82. The summed E-state index contributed by atoms with van der Waals surface area (Å²) in [5, 5.41) is 28.6. The second kappa shape index (κ2) is 14.4. The number of fused-ring (bicyclic) bond motifs is 3. The topological polar surface area (TPSA) is 175 Å². The number of hydrogen-bond donors (Lipinski definition) is 4. The number of carbonyl (C=O) groups excluding carboxylic acids is 3. The Balaban J connectivity index is 1.18. The molecule has 0 radical (unpaired) electrons. The molecule has 6 atom stereocenters. The molecule has 3 aromatic carbocycles. The highest BCUT2D eigenvalue weighted by Gasteiger charge is 2.66. The predicted octanol–water partition coefficient (Wildman–Crippen LogP) is 4.21. The Labute approximate surface area is 309 Å². The summed E-state index contributed by atoms with van der Waals surface area (Å²) in [6.07, 6.45) is 1.29. The van der Waals surface area contributed by atoms with Crippen LogP contribution in [0, 0.1) is 22.0 Å². The van der Waals surface area contributed by atoms with Crippen LogP contribution in [0.3, 0.4) is 0 Å². The molecule has 1 unspecified atom stereocenters. The largest absolute Gasteiger partial charge is 0.432 e. The third-order valence-electron chi connectivity index (χ3n) is 11.7. The molecule has 4 aliphatic rings. The zero-order chi connectivity index (χ0) is 37.7. The molecule has 0 aromatic heterocycles. The molecule has 3 amide bonds. The molecule has 0 aliphatic carbocycles. The van der Waals surface area contributed by atoms with Crippen LogP contribution in [0.2, 0.25) is 18.6 Å². The smallest absolute Gasteiger partial charge is 0.269 e. The second-order valence-electron chi connectivity index (χ2n) is 15.5. The first-order valence-corrected chi connectivity index (χ1v) is 21.4.